The molecular weight excluding hydrogens is 664 g/mol. The van der Waals surface area contributed by atoms with E-state index in [9.17, 15) is 19.2 Å². The summed E-state index contributed by atoms with van der Waals surface area (Å²) < 4.78 is 12.2. The Kier molecular flexibility index (Phi) is 8.20. The third kappa shape index (κ3) is 6.23. The zero-order valence-corrected chi connectivity index (χ0v) is 28.4. The van der Waals surface area contributed by atoms with Crippen molar-refractivity contribution in [3.8, 4) is 23.2 Å². The topological polar surface area (TPSA) is 171 Å². The van der Waals surface area contributed by atoms with Crippen LogP contribution in [0.2, 0.25) is 0 Å². The molecule has 14 nitrogen and oxygen atoms in total. The van der Waals surface area contributed by atoms with Crippen molar-refractivity contribution < 1.29 is 28.7 Å². The summed E-state index contributed by atoms with van der Waals surface area (Å²) in [5.74, 6) is 0.249. The average molecular weight is 699 g/mol. The van der Waals surface area contributed by atoms with Crippen molar-refractivity contribution >= 4 is 29.3 Å². The number of ether oxygens (including phenoxy) is 2. The third-order valence-corrected chi connectivity index (χ3v) is 9.83. The molecule has 0 spiro atoms. The number of carbonyl (C=O) groups excluding carboxylic acids is 4. The maximum absolute atomic E-state index is 13.2. The molecule has 0 bridgehead atoms. The van der Waals surface area contributed by atoms with Gasteiger partial charge in [0, 0.05) is 42.5 Å². The molecule has 4 heterocycles. The largest absolute Gasteiger partial charge is 0.490 e. The van der Waals surface area contributed by atoms with Gasteiger partial charge in [0.05, 0.1) is 23.5 Å². The van der Waals surface area contributed by atoms with Crippen LogP contribution in [0.5, 0.6) is 17.4 Å². The fourth-order valence-corrected chi connectivity index (χ4v) is 6.78. The van der Waals surface area contributed by atoms with Gasteiger partial charge in [-0.05, 0) is 60.0 Å². The van der Waals surface area contributed by atoms with E-state index in [-0.39, 0.29) is 41.5 Å². The first-order valence-corrected chi connectivity index (χ1v) is 17.0. The molecule has 5 aromatic rings. The van der Waals surface area contributed by atoms with E-state index in [0.29, 0.717) is 23.1 Å². The monoisotopic (exact) mass is 698 g/mol. The van der Waals surface area contributed by atoms with E-state index in [1.165, 1.54) is 11.1 Å². The molecule has 8 rings (SSSR count). The van der Waals surface area contributed by atoms with E-state index in [1.54, 1.807) is 36.7 Å². The fraction of sp³-hybridized carbons (Fsp3) is 0.263. The Balaban J connectivity index is 0.840. The van der Waals surface area contributed by atoms with Crippen molar-refractivity contribution in [2.75, 3.05) is 5.32 Å². The molecule has 0 radical (unpaired) electrons. The number of imide groups is 2. The number of amides is 4. The zero-order valence-electron chi connectivity index (χ0n) is 28.4. The zero-order chi connectivity index (χ0) is 36.0. The lowest BCUT2D eigenvalue weighted by Crippen LogP contribution is -2.54. The molecule has 52 heavy (non-hydrogen) atoms. The van der Waals surface area contributed by atoms with E-state index >= 15 is 0 Å². The van der Waals surface area contributed by atoms with E-state index in [1.807, 2.05) is 36.4 Å². The smallest absolute Gasteiger partial charge is 0.262 e. The highest BCUT2D eigenvalue weighted by Crippen LogP contribution is 2.36. The van der Waals surface area contributed by atoms with E-state index in [2.05, 4.69) is 56.8 Å². The number of carbonyl (C=O) groups is 4. The van der Waals surface area contributed by atoms with Gasteiger partial charge in [0.2, 0.25) is 17.7 Å². The Bertz CT molecular complexity index is 2180. The number of hydrogen-bond donors (Lipinski definition) is 2. The van der Waals surface area contributed by atoms with Crippen LogP contribution < -0.4 is 20.1 Å². The molecule has 2 aromatic heterocycles. The van der Waals surface area contributed by atoms with Crippen LogP contribution in [0, 0.1) is 0 Å². The second-order valence-corrected chi connectivity index (χ2v) is 13.6. The van der Waals surface area contributed by atoms with Crippen LogP contribution in [0.4, 0.5) is 5.69 Å². The predicted octanol–water partition coefficient (Wildman–Crippen LogP) is 4.60. The van der Waals surface area contributed by atoms with Gasteiger partial charge in [-0.25, -0.2) is 9.97 Å². The van der Waals surface area contributed by atoms with Crippen LogP contribution in [0.3, 0.4) is 0 Å². The molecule has 14 heteroatoms. The SMILES string of the molecule is CC(C)(c1ccc(Oc2cc(-n3nccn3)ncn2)cc1)c1ccc(O[C@H]2C[C@@H](Nc3ccc4c(c3)C(=O)N(C3CCC(=O)NC3=O)C4=O)C2)cc1. The van der Waals surface area contributed by atoms with Crippen LogP contribution in [-0.4, -0.2) is 71.7 Å². The number of piperidine rings is 1. The summed E-state index contributed by atoms with van der Waals surface area (Å²) in [6.45, 7) is 4.34. The number of aromatic nitrogens is 5. The van der Waals surface area contributed by atoms with Gasteiger partial charge >= 0.3 is 0 Å². The van der Waals surface area contributed by atoms with Gasteiger partial charge in [0.25, 0.3) is 11.8 Å². The molecule has 4 amide bonds. The molecule has 1 saturated carbocycles. The quantitative estimate of drug-likeness (QED) is 0.196. The van der Waals surface area contributed by atoms with E-state index in [4.69, 9.17) is 9.47 Å². The summed E-state index contributed by atoms with van der Waals surface area (Å²) in [4.78, 5) is 60.8. The lowest BCUT2D eigenvalue weighted by atomic mass is 9.78. The number of hydrogen-bond acceptors (Lipinski definition) is 11. The van der Waals surface area contributed by atoms with Crippen molar-refractivity contribution in [1.82, 2.24) is 35.2 Å². The first-order valence-electron chi connectivity index (χ1n) is 17.0. The van der Waals surface area contributed by atoms with Crippen LogP contribution >= 0.6 is 0 Å². The third-order valence-electron chi connectivity index (χ3n) is 9.83. The summed E-state index contributed by atoms with van der Waals surface area (Å²) in [6, 6.07) is 21.9. The number of benzene rings is 3. The highest BCUT2D eigenvalue weighted by Gasteiger charge is 2.45. The number of nitrogens with zero attached hydrogens (tertiary/aromatic N) is 6. The maximum Gasteiger partial charge on any atom is 0.262 e. The van der Waals surface area contributed by atoms with Crippen LogP contribution in [0.25, 0.3) is 5.82 Å². The van der Waals surface area contributed by atoms with Gasteiger partial charge in [0.15, 0.2) is 5.82 Å². The van der Waals surface area contributed by atoms with Crippen LogP contribution in [0.15, 0.2) is 91.5 Å². The minimum absolute atomic E-state index is 0.0336. The van der Waals surface area contributed by atoms with Gasteiger partial charge < -0.3 is 14.8 Å². The van der Waals surface area contributed by atoms with Crippen LogP contribution in [0.1, 0.15) is 71.4 Å². The first kappa shape index (κ1) is 32.7. The molecule has 2 aliphatic heterocycles. The van der Waals surface area contributed by atoms with Gasteiger partial charge in [-0.2, -0.15) is 10.2 Å². The fourth-order valence-electron chi connectivity index (χ4n) is 6.78. The lowest BCUT2D eigenvalue weighted by Gasteiger charge is -2.36. The van der Waals surface area contributed by atoms with Gasteiger partial charge in [0.1, 0.15) is 30.0 Å². The number of fused-ring (bicyclic) bond motifs is 1. The predicted molar refractivity (Wildman–Crippen MR) is 186 cm³/mol. The highest BCUT2D eigenvalue weighted by atomic mass is 16.5. The van der Waals surface area contributed by atoms with Gasteiger partial charge in [-0.3, -0.25) is 29.4 Å². The van der Waals surface area contributed by atoms with Crippen LogP contribution in [-0.2, 0) is 15.0 Å². The summed E-state index contributed by atoms with van der Waals surface area (Å²) in [7, 11) is 0. The van der Waals surface area contributed by atoms with Gasteiger partial charge in [-0.15, -0.1) is 4.80 Å². The Hall–Kier alpha value is -6.44. The maximum atomic E-state index is 13.2. The first-order chi connectivity index (χ1) is 25.1. The number of rotatable bonds is 10. The Morgan fingerprint density at radius 2 is 1.48 bits per heavy atom. The Labute approximate surface area is 298 Å². The molecule has 262 valence electrons. The van der Waals surface area contributed by atoms with Crippen molar-refractivity contribution in [1.29, 1.82) is 0 Å². The molecule has 3 aromatic carbocycles. The summed E-state index contributed by atoms with van der Waals surface area (Å²) in [5.41, 5.74) is 3.19. The molecule has 1 saturated heterocycles. The molecule has 1 aliphatic carbocycles. The average Bonchev–Trinajstić information content (AvgIpc) is 3.75. The standard InChI is InChI=1S/C38H34N8O6/c1-38(2,23-5-10-27(11-6-23)52-34-20-32(39-21-40-34)46-41-15-16-42-46)22-3-8-26(9-4-22)51-28-17-25(18-28)43-24-7-12-29-30(19-24)37(50)45(36(29)49)31-13-14-33(47)44-35(31)48/h3-12,15-16,19-21,25,28,31,43H,13-14,17-18H2,1-2H3,(H,44,47,48)/t25-,28+,31?. The molecule has 1 atom stereocenters. The number of nitrogens with one attached hydrogen (secondary N) is 2. The normalized spacial score (nSPS) is 19.9. The van der Waals surface area contributed by atoms with Crippen molar-refractivity contribution in [2.24, 2.45) is 0 Å². The molecular formula is C38H34N8O6. The van der Waals surface area contributed by atoms with Crippen molar-refractivity contribution in [2.45, 2.75) is 63.1 Å². The summed E-state index contributed by atoms with van der Waals surface area (Å²) >= 11 is 0. The summed E-state index contributed by atoms with van der Waals surface area (Å²) in [6.07, 6.45) is 6.33. The molecule has 1 unspecified atom stereocenters. The Morgan fingerprint density at radius 3 is 2.17 bits per heavy atom. The van der Waals surface area contributed by atoms with E-state index in [0.717, 1.165) is 34.6 Å². The summed E-state index contributed by atoms with van der Waals surface area (Å²) in [5, 5.41) is 13.8. The molecule has 2 fully saturated rings. The van der Waals surface area contributed by atoms with Crippen molar-refractivity contribution in [3.63, 3.8) is 0 Å². The van der Waals surface area contributed by atoms with Crippen molar-refractivity contribution in [3.05, 3.63) is 114 Å². The number of anilines is 1. The lowest BCUT2D eigenvalue weighted by molar-refractivity contribution is -0.136. The minimum atomic E-state index is -0.989. The molecule has 3 aliphatic rings. The van der Waals surface area contributed by atoms with E-state index < -0.39 is 29.7 Å². The molecule has 2 N–H and O–H groups in total. The minimum Gasteiger partial charge on any atom is -0.490 e. The Morgan fingerprint density at radius 1 is 0.808 bits per heavy atom. The highest BCUT2D eigenvalue weighted by molar-refractivity contribution is 6.23. The second kappa shape index (κ2) is 13.0. The second-order valence-electron chi connectivity index (χ2n) is 13.6. The van der Waals surface area contributed by atoms with Gasteiger partial charge in [-0.1, -0.05) is 38.1 Å².